The molecule has 4 aliphatic heterocycles. The number of hydrogen-bond acceptors (Lipinski definition) is 4. The number of rotatable bonds is 2. The number of nitrogens with zero attached hydrogens (tertiary/aromatic N) is 2. The van der Waals surface area contributed by atoms with Crippen molar-refractivity contribution in [2.24, 2.45) is 11.3 Å². The molecule has 5 rings (SSSR count). The van der Waals surface area contributed by atoms with Crippen LogP contribution in [0.4, 0.5) is 11.4 Å². The molecule has 4 nitrogen and oxygen atoms in total. The highest BCUT2D eigenvalue weighted by atomic mass is 16.5. The Morgan fingerprint density at radius 3 is 2.48 bits per heavy atom. The third kappa shape index (κ3) is 2.94. The summed E-state index contributed by atoms with van der Waals surface area (Å²) in [5, 5.41) is 3.66. The van der Waals surface area contributed by atoms with Crippen molar-refractivity contribution in [3.8, 4) is 0 Å². The van der Waals surface area contributed by atoms with Crippen LogP contribution in [0.5, 0.6) is 0 Å². The second-order valence-corrected chi connectivity index (χ2v) is 8.00. The molecule has 1 aromatic carbocycles. The molecule has 1 aromatic rings. The first-order chi connectivity index (χ1) is 11.1. The van der Waals surface area contributed by atoms with E-state index in [0.717, 1.165) is 38.8 Å². The smallest absolute Gasteiger partial charge is 0.0642 e. The summed E-state index contributed by atoms with van der Waals surface area (Å²) >= 11 is 0. The van der Waals surface area contributed by atoms with E-state index < -0.39 is 0 Å². The van der Waals surface area contributed by atoms with Crippen LogP contribution in [0.15, 0.2) is 24.3 Å². The zero-order valence-corrected chi connectivity index (χ0v) is 14.4. The number of piperidine rings is 1. The van der Waals surface area contributed by atoms with E-state index in [9.17, 15) is 0 Å². The molecule has 23 heavy (non-hydrogen) atoms. The lowest BCUT2D eigenvalue weighted by molar-refractivity contribution is 0.122. The van der Waals surface area contributed by atoms with Gasteiger partial charge in [0.05, 0.1) is 13.2 Å². The number of nitrogens with one attached hydrogen (secondary N) is 1. The standard InChI is InChI=1S/C19H29N3O/c1-19(2)11-15-12-20-13-18(19)22(14-15)17-5-3-16(4-6-17)21-7-9-23-10-8-21/h3-6,15,18,20H,7-14H2,1-2H3/t15-,18?/m1/s1. The third-order valence-corrected chi connectivity index (χ3v) is 5.88. The molecule has 2 atom stereocenters. The predicted molar refractivity (Wildman–Crippen MR) is 95.4 cm³/mol. The molecule has 2 bridgehead atoms. The van der Waals surface area contributed by atoms with Crippen LogP contribution >= 0.6 is 0 Å². The van der Waals surface area contributed by atoms with Gasteiger partial charge in [0.1, 0.15) is 0 Å². The van der Waals surface area contributed by atoms with Gasteiger partial charge in [0, 0.05) is 43.6 Å². The quantitative estimate of drug-likeness (QED) is 0.907. The Labute approximate surface area is 139 Å². The van der Waals surface area contributed by atoms with Gasteiger partial charge in [-0.25, -0.2) is 0 Å². The molecule has 4 heteroatoms. The number of benzene rings is 1. The van der Waals surface area contributed by atoms with E-state index in [2.05, 4.69) is 53.2 Å². The lowest BCUT2D eigenvalue weighted by Gasteiger charge is -2.48. The highest BCUT2D eigenvalue weighted by molar-refractivity contribution is 5.57. The van der Waals surface area contributed by atoms with Crippen molar-refractivity contribution in [3.63, 3.8) is 0 Å². The molecule has 0 amide bonds. The summed E-state index contributed by atoms with van der Waals surface area (Å²) < 4.78 is 5.45. The minimum Gasteiger partial charge on any atom is -0.378 e. The molecule has 4 fully saturated rings. The van der Waals surface area contributed by atoms with Crippen LogP contribution in [-0.2, 0) is 4.74 Å². The maximum atomic E-state index is 5.45. The van der Waals surface area contributed by atoms with Gasteiger partial charge in [-0.05, 0) is 48.6 Å². The van der Waals surface area contributed by atoms with Crippen LogP contribution in [-0.4, -0.2) is 52.0 Å². The van der Waals surface area contributed by atoms with Gasteiger partial charge in [-0.2, -0.15) is 0 Å². The minimum atomic E-state index is 0.384. The lowest BCUT2D eigenvalue weighted by Crippen LogP contribution is -2.53. The Morgan fingerprint density at radius 2 is 1.74 bits per heavy atom. The first kappa shape index (κ1) is 15.3. The Bertz CT molecular complexity index is 536. The van der Waals surface area contributed by atoms with Crippen molar-refractivity contribution in [3.05, 3.63) is 24.3 Å². The fourth-order valence-corrected chi connectivity index (χ4v) is 4.68. The predicted octanol–water partition coefficient (Wildman–Crippen LogP) is 2.35. The molecule has 126 valence electrons. The fourth-order valence-electron chi connectivity index (χ4n) is 4.68. The van der Waals surface area contributed by atoms with Gasteiger partial charge in [0.15, 0.2) is 0 Å². The van der Waals surface area contributed by atoms with Gasteiger partial charge in [0.2, 0.25) is 0 Å². The molecule has 1 N–H and O–H groups in total. The van der Waals surface area contributed by atoms with Gasteiger partial charge in [-0.15, -0.1) is 0 Å². The molecule has 0 saturated carbocycles. The Morgan fingerprint density at radius 1 is 1.04 bits per heavy atom. The Kier molecular flexibility index (Phi) is 3.98. The average molecular weight is 315 g/mol. The van der Waals surface area contributed by atoms with E-state index in [1.54, 1.807) is 0 Å². The van der Waals surface area contributed by atoms with Crippen molar-refractivity contribution in [2.75, 3.05) is 55.7 Å². The highest BCUT2D eigenvalue weighted by Gasteiger charge is 2.43. The molecule has 0 aliphatic carbocycles. The summed E-state index contributed by atoms with van der Waals surface area (Å²) in [6.45, 7) is 12.0. The summed E-state index contributed by atoms with van der Waals surface area (Å²) in [6, 6.07) is 9.82. The van der Waals surface area contributed by atoms with Crippen LogP contribution in [0.3, 0.4) is 0 Å². The van der Waals surface area contributed by atoms with Crippen LogP contribution in [0.25, 0.3) is 0 Å². The van der Waals surface area contributed by atoms with Gasteiger partial charge in [0.25, 0.3) is 0 Å². The number of fused-ring (bicyclic) bond motifs is 4. The van der Waals surface area contributed by atoms with Crippen molar-refractivity contribution < 1.29 is 4.74 Å². The second kappa shape index (κ2) is 5.99. The molecular weight excluding hydrogens is 286 g/mol. The average Bonchev–Trinajstić information content (AvgIpc) is 2.86. The third-order valence-electron chi connectivity index (χ3n) is 5.88. The fraction of sp³-hybridized carbons (Fsp3) is 0.684. The topological polar surface area (TPSA) is 27.7 Å². The molecular formula is C19H29N3O. The molecule has 0 aromatic heterocycles. The van der Waals surface area contributed by atoms with Crippen LogP contribution in [0.2, 0.25) is 0 Å². The van der Waals surface area contributed by atoms with E-state index in [1.807, 2.05) is 0 Å². The maximum Gasteiger partial charge on any atom is 0.0642 e. The summed E-state index contributed by atoms with van der Waals surface area (Å²) in [5.74, 6) is 0.766. The highest BCUT2D eigenvalue weighted by Crippen LogP contribution is 2.41. The van der Waals surface area contributed by atoms with E-state index >= 15 is 0 Å². The van der Waals surface area contributed by atoms with Gasteiger partial charge >= 0.3 is 0 Å². The first-order valence-corrected chi connectivity index (χ1v) is 9.04. The van der Waals surface area contributed by atoms with Crippen molar-refractivity contribution >= 4 is 11.4 Å². The Balaban J connectivity index is 1.55. The van der Waals surface area contributed by atoms with E-state index in [1.165, 1.54) is 30.9 Å². The summed E-state index contributed by atoms with van der Waals surface area (Å²) in [4.78, 5) is 5.07. The van der Waals surface area contributed by atoms with Gasteiger partial charge in [-0.1, -0.05) is 13.8 Å². The number of hydrogen-bond donors (Lipinski definition) is 1. The van der Waals surface area contributed by atoms with Crippen LogP contribution < -0.4 is 15.1 Å². The SMILES string of the molecule is CC1(C)C[C@@H]2CNCC1N(c1ccc(N3CCOCC3)cc1)C2. The largest absolute Gasteiger partial charge is 0.378 e. The monoisotopic (exact) mass is 315 g/mol. The normalized spacial score (nSPS) is 30.3. The molecule has 4 heterocycles. The minimum absolute atomic E-state index is 0.384. The molecule has 1 unspecified atom stereocenters. The number of anilines is 2. The first-order valence-electron chi connectivity index (χ1n) is 9.04. The van der Waals surface area contributed by atoms with Crippen molar-refractivity contribution in [1.29, 1.82) is 0 Å². The zero-order valence-electron chi connectivity index (χ0n) is 14.4. The second-order valence-electron chi connectivity index (χ2n) is 8.00. The van der Waals surface area contributed by atoms with Crippen molar-refractivity contribution in [2.45, 2.75) is 26.3 Å². The molecule has 0 spiro atoms. The number of ether oxygens (including phenoxy) is 1. The maximum absolute atomic E-state index is 5.45. The molecule has 4 aliphatic rings. The van der Waals surface area contributed by atoms with Gasteiger partial charge < -0.3 is 19.9 Å². The van der Waals surface area contributed by atoms with Gasteiger partial charge in [-0.3, -0.25) is 0 Å². The van der Waals surface area contributed by atoms with E-state index in [4.69, 9.17) is 4.74 Å². The van der Waals surface area contributed by atoms with E-state index in [-0.39, 0.29) is 0 Å². The number of morpholine rings is 1. The molecule has 0 radical (unpaired) electrons. The summed E-state index contributed by atoms with van der Waals surface area (Å²) in [7, 11) is 0. The van der Waals surface area contributed by atoms with Crippen LogP contribution in [0, 0.1) is 11.3 Å². The van der Waals surface area contributed by atoms with E-state index in [0.29, 0.717) is 11.5 Å². The summed E-state index contributed by atoms with van der Waals surface area (Å²) in [5.41, 5.74) is 3.10. The summed E-state index contributed by atoms with van der Waals surface area (Å²) in [6.07, 6.45) is 1.34. The zero-order chi connectivity index (χ0) is 15.9. The molecule has 4 saturated heterocycles. The van der Waals surface area contributed by atoms with Crippen LogP contribution in [0.1, 0.15) is 20.3 Å². The lowest BCUT2D eigenvalue weighted by atomic mass is 9.73. The Hall–Kier alpha value is -1.26. The van der Waals surface area contributed by atoms with Crippen molar-refractivity contribution in [1.82, 2.24) is 5.32 Å².